The summed E-state index contributed by atoms with van der Waals surface area (Å²) >= 11 is 0. The lowest BCUT2D eigenvalue weighted by molar-refractivity contribution is -0.114. The molecule has 0 heterocycles. The molecule has 0 aromatic heterocycles. The van der Waals surface area contributed by atoms with E-state index in [-0.39, 0.29) is 23.9 Å². The predicted molar refractivity (Wildman–Crippen MR) is 119 cm³/mol. The maximum atomic E-state index is 12.3. The summed E-state index contributed by atoms with van der Waals surface area (Å²) in [6.45, 7) is 9.34. The van der Waals surface area contributed by atoms with E-state index in [1.54, 1.807) is 36.4 Å². The zero-order valence-electron chi connectivity index (χ0n) is 18.1. The third-order valence-electron chi connectivity index (χ3n) is 3.94. The quantitative estimate of drug-likeness (QED) is 0.517. The van der Waals surface area contributed by atoms with Gasteiger partial charge in [0.15, 0.2) is 0 Å². The van der Waals surface area contributed by atoms with Crippen LogP contribution in [0.2, 0.25) is 0 Å². The predicted octanol–water partition coefficient (Wildman–Crippen LogP) is 3.68. The van der Waals surface area contributed by atoms with E-state index in [9.17, 15) is 9.59 Å². The zero-order chi connectivity index (χ0) is 22.0. The van der Waals surface area contributed by atoms with Crippen LogP contribution in [-0.2, 0) is 9.53 Å². The maximum Gasteiger partial charge on any atom is 0.251 e. The highest BCUT2D eigenvalue weighted by Crippen LogP contribution is 2.23. The van der Waals surface area contributed by atoms with Gasteiger partial charge in [0.1, 0.15) is 12.4 Å². The van der Waals surface area contributed by atoms with Crippen molar-refractivity contribution in [1.29, 1.82) is 0 Å². The molecule has 2 aromatic carbocycles. The van der Waals surface area contributed by atoms with Crippen LogP contribution in [0.4, 0.5) is 11.4 Å². The minimum Gasteiger partial charge on any atom is -0.489 e. The van der Waals surface area contributed by atoms with Crippen molar-refractivity contribution in [2.75, 3.05) is 37.0 Å². The van der Waals surface area contributed by atoms with Crippen LogP contribution >= 0.6 is 0 Å². The molecule has 2 rings (SSSR count). The van der Waals surface area contributed by atoms with E-state index in [0.717, 1.165) is 5.69 Å². The van der Waals surface area contributed by atoms with Crippen molar-refractivity contribution in [1.82, 2.24) is 5.32 Å². The van der Waals surface area contributed by atoms with Gasteiger partial charge in [-0.05, 0) is 64.1 Å². The lowest BCUT2D eigenvalue weighted by Crippen LogP contribution is -2.40. The van der Waals surface area contributed by atoms with E-state index in [0.29, 0.717) is 36.8 Å². The van der Waals surface area contributed by atoms with Gasteiger partial charge in [-0.1, -0.05) is 12.1 Å². The van der Waals surface area contributed by atoms with Crippen molar-refractivity contribution in [2.45, 2.75) is 33.2 Å². The van der Waals surface area contributed by atoms with Gasteiger partial charge in [0.05, 0.1) is 18.8 Å². The maximum absolute atomic E-state index is 12.3. The Bertz CT molecular complexity index is 829. The highest BCUT2D eigenvalue weighted by atomic mass is 16.5. The Morgan fingerprint density at radius 2 is 1.67 bits per heavy atom. The van der Waals surface area contributed by atoms with Crippen molar-refractivity contribution in [2.24, 2.45) is 0 Å². The minimum absolute atomic E-state index is 0.0841. The number of para-hydroxylation sites is 2. The zero-order valence-corrected chi connectivity index (χ0v) is 18.1. The molecule has 0 aliphatic heterocycles. The molecule has 30 heavy (non-hydrogen) atoms. The summed E-state index contributed by atoms with van der Waals surface area (Å²) < 4.78 is 10.9. The summed E-state index contributed by atoms with van der Waals surface area (Å²) in [4.78, 5) is 24.5. The van der Waals surface area contributed by atoms with Gasteiger partial charge in [-0.15, -0.1) is 0 Å². The van der Waals surface area contributed by atoms with Crippen LogP contribution in [-0.4, -0.2) is 43.7 Å². The first-order valence-corrected chi connectivity index (χ1v) is 10.0. The summed E-state index contributed by atoms with van der Waals surface area (Å²) in [5.74, 6) is 0.262. The van der Waals surface area contributed by atoms with Crippen LogP contribution in [0.3, 0.4) is 0 Å². The van der Waals surface area contributed by atoms with Gasteiger partial charge in [-0.2, -0.15) is 0 Å². The van der Waals surface area contributed by atoms with Gasteiger partial charge < -0.3 is 25.4 Å². The highest BCUT2D eigenvalue weighted by Gasteiger charge is 2.15. The number of amides is 2. The fourth-order valence-electron chi connectivity index (χ4n) is 2.58. The smallest absolute Gasteiger partial charge is 0.251 e. The number of carbonyl (C=O) groups excluding carboxylic acids is 2. The highest BCUT2D eigenvalue weighted by molar-refractivity contribution is 5.96. The van der Waals surface area contributed by atoms with E-state index in [1.807, 2.05) is 39.8 Å². The third-order valence-corrected chi connectivity index (χ3v) is 3.94. The first kappa shape index (κ1) is 23.2. The number of hydrogen-bond acceptors (Lipinski definition) is 5. The molecule has 162 valence electrons. The number of anilines is 2. The molecule has 3 N–H and O–H groups in total. The molecule has 0 fully saturated rings. The summed E-state index contributed by atoms with van der Waals surface area (Å²) in [5, 5.41) is 8.82. The largest absolute Gasteiger partial charge is 0.489 e. The molecule has 0 atom stereocenters. The molecule has 0 saturated carbocycles. The van der Waals surface area contributed by atoms with Crippen LogP contribution in [0.5, 0.6) is 5.75 Å². The Balaban J connectivity index is 1.86. The monoisotopic (exact) mass is 413 g/mol. The Hall–Kier alpha value is -3.06. The Morgan fingerprint density at radius 1 is 0.967 bits per heavy atom. The number of carbonyl (C=O) groups is 2. The van der Waals surface area contributed by atoms with Crippen molar-refractivity contribution in [3.05, 3.63) is 54.1 Å². The Kier molecular flexibility index (Phi) is 8.68. The van der Waals surface area contributed by atoms with Gasteiger partial charge in [0.25, 0.3) is 5.91 Å². The molecule has 0 radical (unpaired) electrons. The van der Waals surface area contributed by atoms with E-state index < -0.39 is 0 Å². The lowest BCUT2D eigenvalue weighted by Gasteiger charge is -2.20. The molecule has 0 spiro atoms. The van der Waals surface area contributed by atoms with E-state index in [1.165, 1.54) is 0 Å². The normalized spacial score (nSPS) is 10.9. The summed E-state index contributed by atoms with van der Waals surface area (Å²) in [6, 6.07) is 14.3. The summed E-state index contributed by atoms with van der Waals surface area (Å²) in [7, 11) is 0. The number of hydrogen-bond donors (Lipinski definition) is 3. The molecule has 0 aliphatic carbocycles. The van der Waals surface area contributed by atoms with Gasteiger partial charge in [-0.3, -0.25) is 9.59 Å². The number of ether oxygens (including phenoxy) is 2. The average molecular weight is 414 g/mol. The number of nitrogens with one attached hydrogen (secondary N) is 3. The Morgan fingerprint density at radius 3 is 2.33 bits per heavy atom. The van der Waals surface area contributed by atoms with Crippen LogP contribution in [0.25, 0.3) is 0 Å². The van der Waals surface area contributed by atoms with E-state index in [4.69, 9.17) is 9.47 Å². The fraction of sp³-hybridized carbons (Fsp3) is 0.391. The second-order valence-electron chi connectivity index (χ2n) is 7.72. The third kappa shape index (κ3) is 8.13. The second-order valence-corrected chi connectivity index (χ2v) is 7.72. The first-order chi connectivity index (χ1) is 14.3. The Labute approximate surface area is 178 Å². The van der Waals surface area contributed by atoms with Crippen LogP contribution in [0, 0.1) is 0 Å². The van der Waals surface area contributed by atoms with Gasteiger partial charge in [0, 0.05) is 23.4 Å². The van der Waals surface area contributed by atoms with Gasteiger partial charge >= 0.3 is 0 Å². The molecule has 0 aliphatic rings. The van der Waals surface area contributed by atoms with Crippen molar-refractivity contribution >= 4 is 23.2 Å². The standard InChI is InChI=1S/C23H31N3O4/c1-5-29-14-15-30-20-9-7-6-8-19(20)25-21(27)16-24-18-12-10-17(11-13-18)22(28)26-23(2,3)4/h6-13,24H,5,14-16H2,1-4H3,(H,25,27)(H,26,28). The molecular formula is C23H31N3O4. The fourth-order valence-corrected chi connectivity index (χ4v) is 2.58. The number of benzene rings is 2. The molecule has 7 heteroatoms. The SMILES string of the molecule is CCOCCOc1ccccc1NC(=O)CNc1ccc(C(=O)NC(C)(C)C)cc1. The van der Waals surface area contributed by atoms with E-state index >= 15 is 0 Å². The number of rotatable bonds is 10. The van der Waals surface area contributed by atoms with Crippen LogP contribution < -0.4 is 20.7 Å². The second kappa shape index (κ2) is 11.2. The van der Waals surface area contributed by atoms with Crippen molar-refractivity contribution < 1.29 is 19.1 Å². The topological polar surface area (TPSA) is 88.7 Å². The summed E-state index contributed by atoms with van der Waals surface area (Å²) in [6.07, 6.45) is 0. The van der Waals surface area contributed by atoms with Crippen molar-refractivity contribution in [3.63, 3.8) is 0 Å². The van der Waals surface area contributed by atoms with Crippen molar-refractivity contribution in [3.8, 4) is 5.75 Å². The summed E-state index contributed by atoms with van der Waals surface area (Å²) in [5.41, 5.74) is 1.63. The average Bonchev–Trinajstić information content (AvgIpc) is 2.70. The molecule has 0 unspecified atom stereocenters. The minimum atomic E-state index is -0.297. The molecular weight excluding hydrogens is 382 g/mol. The van der Waals surface area contributed by atoms with E-state index in [2.05, 4.69) is 16.0 Å². The van der Waals surface area contributed by atoms with Gasteiger partial charge in [-0.25, -0.2) is 0 Å². The first-order valence-electron chi connectivity index (χ1n) is 10.0. The lowest BCUT2D eigenvalue weighted by atomic mass is 10.1. The molecule has 2 amide bonds. The molecule has 0 bridgehead atoms. The molecule has 7 nitrogen and oxygen atoms in total. The molecule has 0 saturated heterocycles. The van der Waals surface area contributed by atoms with Gasteiger partial charge in [0.2, 0.25) is 5.91 Å². The molecule has 2 aromatic rings. The van der Waals surface area contributed by atoms with Crippen LogP contribution in [0.15, 0.2) is 48.5 Å². The van der Waals surface area contributed by atoms with Crippen LogP contribution in [0.1, 0.15) is 38.1 Å².